The van der Waals surface area contributed by atoms with Gasteiger partial charge in [0.25, 0.3) is 0 Å². The molecule has 2 saturated carbocycles. The highest BCUT2D eigenvalue weighted by Gasteiger charge is 2.51. The molecule has 0 amide bonds. The van der Waals surface area contributed by atoms with Crippen molar-refractivity contribution in [3.05, 3.63) is 0 Å². The average Bonchev–Trinajstić information content (AvgIpc) is 3.26. The van der Waals surface area contributed by atoms with E-state index in [1.165, 1.54) is 12.8 Å². The van der Waals surface area contributed by atoms with Crippen LogP contribution in [0.4, 0.5) is 0 Å². The van der Waals surface area contributed by atoms with Crippen molar-refractivity contribution in [3.8, 4) is 0 Å². The van der Waals surface area contributed by atoms with Gasteiger partial charge in [-0.05, 0) is 63.5 Å². The van der Waals surface area contributed by atoms with Crippen LogP contribution in [0.2, 0.25) is 0 Å². The summed E-state index contributed by atoms with van der Waals surface area (Å²) >= 11 is 0. The van der Waals surface area contributed by atoms with Crippen LogP contribution in [0.25, 0.3) is 0 Å². The van der Waals surface area contributed by atoms with Crippen LogP contribution in [0, 0.1) is 11.8 Å². The summed E-state index contributed by atoms with van der Waals surface area (Å²) in [6.45, 7) is 7.86. The number of aliphatic carboxylic acids is 1. The molecule has 4 heteroatoms. The molecule has 2 fully saturated rings. The fourth-order valence-electron chi connectivity index (χ4n) is 3.14. The number of carboxylic acids is 1. The van der Waals surface area contributed by atoms with Gasteiger partial charge in [-0.2, -0.15) is 0 Å². The topological polar surface area (TPSA) is 52.6 Å². The monoisotopic (exact) mass is 282 g/mol. The summed E-state index contributed by atoms with van der Waals surface area (Å²) in [7, 11) is 0. The zero-order valence-corrected chi connectivity index (χ0v) is 13.0. The molecule has 0 radical (unpaired) electrons. The molecule has 2 rings (SSSR count). The Morgan fingerprint density at radius 3 is 2.40 bits per heavy atom. The van der Waals surface area contributed by atoms with Gasteiger partial charge in [-0.25, -0.2) is 0 Å². The van der Waals surface area contributed by atoms with E-state index < -0.39 is 11.5 Å². The lowest BCUT2D eigenvalue weighted by atomic mass is 9.91. The van der Waals surface area contributed by atoms with E-state index in [0.717, 1.165) is 51.2 Å². The minimum atomic E-state index is -0.708. The Morgan fingerprint density at radius 1 is 1.25 bits per heavy atom. The van der Waals surface area contributed by atoms with Crippen LogP contribution in [0.3, 0.4) is 0 Å². The average molecular weight is 282 g/mol. The Kier molecular flexibility index (Phi) is 5.44. The van der Waals surface area contributed by atoms with Crippen LogP contribution in [-0.2, 0) is 4.79 Å². The minimum absolute atomic E-state index is 0.324. The standard InChI is InChI=1S/C16H30N2O2/c1-3-9-17-16(15(19)20,14-7-8-14)12-18(10-4-2)11-13-5-6-13/h13-14,17H,3-12H2,1-2H3,(H,19,20). The number of nitrogens with zero attached hydrogens (tertiary/aromatic N) is 1. The van der Waals surface area contributed by atoms with Crippen molar-refractivity contribution < 1.29 is 9.90 Å². The summed E-state index contributed by atoms with van der Waals surface area (Å²) in [6, 6.07) is 0. The second-order valence-corrected chi connectivity index (χ2v) is 6.66. The zero-order valence-electron chi connectivity index (χ0n) is 13.0. The first-order valence-electron chi connectivity index (χ1n) is 8.33. The maximum atomic E-state index is 12.0. The highest BCUT2D eigenvalue weighted by Crippen LogP contribution is 2.41. The minimum Gasteiger partial charge on any atom is -0.480 e. The molecular weight excluding hydrogens is 252 g/mol. The summed E-state index contributed by atoms with van der Waals surface area (Å²) in [4.78, 5) is 14.4. The lowest BCUT2D eigenvalue weighted by molar-refractivity contribution is -0.147. The van der Waals surface area contributed by atoms with Crippen LogP contribution >= 0.6 is 0 Å². The number of rotatable bonds is 11. The molecule has 0 bridgehead atoms. The Balaban J connectivity index is 2.04. The summed E-state index contributed by atoms with van der Waals surface area (Å²) < 4.78 is 0. The van der Waals surface area contributed by atoms with Crippen LogP contribution in [0.1, 0.15) is 52.4 Å². The van der Waals surface area contributed by atoms with Crippen LogP contribution in [-0.4, -0.2) is 47.7 Å². The van der Waals surface area contributed by atoms with Gasteiger partial charge in [0.05, 0.1) is 0 Å². The highest BCUT2D eigenvalue weighted by molar-refractivity contribution is 5.80. The smallest absolute Gasteiger partial charge is 0.325 e. The van der Waals surface area contributed by atoms with Gasteiger partial charge in [0, 0.05) is 13.1 Å². The van der Waals surface area contributed by atoms with Gasteiger partial charge in [-0.3, -0.25) is 4.79 Å². The van der Waals surface area contributed by atoms with E-state index in [1.807, 2.05) is 0 Å². The van der Waals surface area contributed by atoms with Gasteiger partial charge >= 0.3 is 5.97 Å². The maximum Gasteiger partial charge on any atom is 0.325 e. The van der Waals surface area contributed by atoms with Gasteiger partial charge in [0.15, 0.2) is 0 Å². The normalized spacial score (nSPS) is 21.9. The van der Waals surface area contributed by atoms with Crippen molar-refractivity contribution in [1.82, 2.24) is 10.2 Å². The first-order chi connectivity index (χ1) is 9.62. The Hall–Kier alpha value is -0.610. The third kappa shape index (κ3) is 3.95. The van der Waals surface area contributed by atoms with Gasteiger partial charge in [0.1, 0.15) is 5.54 Å². The van der Waals surface area contributed by atoms with Crippen LogP contribution in [0.15, 0.2) is 0 Å². The third-order valence-corrected chi connectivity index (χ3v) is 4.57. The van der Waals surface area contributed by atoms with E-state index >= 15 is 0 Å². The number of nitrogens with one attached hydrogen (secondary N) is 1. The lowest BCUT2D eigenvalue weighted by Crippen LogP contribution is -2.61. The lowest BCUT2D eigenvalue weighted by Gasteiger charge is -2.36. The molecule has 4 nitrogen and oxygen atoms in total. The fourth-order valence-corrected chi connectivity index (χ4v) is 3.14. The maximum absolute atomic E-state index is 12.0. The summed E-state index contributed by atoms with van der Waals surface area (Å²) in [5.41, 5.74) is -0.708. The molecule has 20 heavy (non-hydrogen) atoms. The van der Waals surface area contributed by atoms with E-state index in [2.05, 4.69) is 24.1 Å². The number of carbonyl (C=O) groups is 1. The van der Waals surface area contributed by atoms with Crippen LogP contribution < -0.4 is 5.32 Å². The SMILES string of the molecule is CCCNC(CN(CCC)CC1CC1)(C(=O)O)C1CC1. The van der Waals surface area contributed by atoms with Crippen molar-refractivity contribution in [1.29, 1.82) is 0 Å². The van der Waals surface area contributed by atoms with Crippen molar-refractivity contribution in [2.45, 2.75) is 57.9 Å². The van der Waals surface area contributed by atoms with Crippen molar-refractivity contribution in [2.24, 2.45) is 11.8 Å². The molecule has 0 aliphatic heterocycles. The summed E-state index contributed by atoms with van der Waals surface area (Å²) in [5.74, 6) is 0.494. The van der Waals surface area contributed by atoms with Gasteiger partial charge in [0.2, 0.25) is 0 Å². The van der Waals surface area contributed by atoms with Gasteiger partial charge in [-0.15, -0.1) is 0 Å². The quantitative estimate of drug-likeness (QED) is 0.611. The molecule has 2 aliphatic carbocycles. The number of hydrogen-bond acceptors (Lipinski definition) is 3. The predicted octanol–water partition coefficient (Wildman–Crippen LogP) is 2.34. The van der Waals surface area contributed by atoms with Crippen molar-refractivity contribution in [2.75, 3.05) is 26.2 Å². The highest BCUT2D eigenvalue weighted by atomic mass is 16.4. The second-order valence-electron chi connectivity index (χ2n) is 6.66. The van der Waals surface area contributed by atoms with E-state index in [4.69, 9.17) is 0 Å². The molecule has 116 valence electrons. The van der Waals surface area contributed by atoms with E-state index in [-0.39, 0.29) is 0 Å². The first kappa shape index (κ1) is 15.8. The molecule has 2 aliphatic rings. The number of hydrogen-bond donors (Lipinski definition) is 2. The van der Waals surface area contributed by atoms with E-state index in [1.54, 1.807) is 0 Å². The van der Waals surface area contributed by atoms with E-state index in [9.17, 15) is 9.90 Å². The molecule has 1 atom stereocenters. The molecule has 0 aromatic heterocycles. The van der Waals surface area contributed by atoms with Crippen LogP contribution in [0.5, 0.6) is 0 Å². The third-order valence-electron chi connectivity index (χ3n) is 4.57. The molecule has 0 aromatic carbocycles. The Bertz CT molecular complexity index is 326. The molecule has 0 spiro atoms. The van der Waals surface area contributed by atoms with Gasteiger partial charge in [-0.1, -0.05) is 13.8 Å². The molecule has 0 heterocycles. The second kappa shape index (κ2) is 6.90. The van der Waals surface area contributed by atoms with Crippen molar-refractivity contribution >= 4 is 5.97 Å². The molecule has 0 saturated heterocycles. The van der Waals surface area contributed by atoms with Gasteiger partial charge < -0.3 is 15.3 Å². The predicted molar refractivity (Wildman–Crippen MR) is 80.8 cm³/mol. The fraction of sp³-hybridized carbons (Fsp3) is 0.938. The largest absolute Gasteiger partial charge is 0.480 e. The Labute approximate surface area is 122 Å². The zero-order chi connectivity index (χ0) is 14.6. The molecule has 2 N–H and O–H groups in total. The summed E-state index contributed by atoms with van der Waals surface area (Å²) in [6.07, 6.45) is 6.86. The molecular formula is C16H30N2O2. The van der Waals surface area contributed by atoms with Crippen molar-refractivity contribution in [3.63, 3.8) is 0 Å². The van der Waals surface area contributed by atoms with E-state index in [0.29, 0.717) is 12.5 Å². The molecule has 1 unspecified atom stereocenters. The summed E-state index contributed by atoms with van der Waals surface area (Å²) in [5, 5.41) is 13.2. The first-order valence-corrected chi connectivity index (χ1v) is 8.33. The number of carboxylic acid groups (broad SMARTS) is 1. The Morgan fingerprint density at radius 2 is 1.95 bits per heavy atom. The molecule has 0 aromatic rings.